The Balaban J connectivity index is 1.75. The van der Waals surface area contributed by atoms with Gasteiger partial charge in [-0.3, -0.25) is 14.1 Å². The number of hydrogen-bond acceptors (Lipinski definition) is 8. The van der Waals surface area contributed by atoms with Gasteiger partial charge in [-0.15, -0.1) is 4.28 Å². The molecular weight excluding hydrogens is 400 g/mol. The van der Waals surface area contributed by atoms with Gasteiger partial charge in [0.15, 0.2) is 5.75 Å². The van der Waals surface area contributed by atoms with Crippen LogP contribution in [-0.2, 0) is 26.0 Å². The lowest BCUT2D eigenvalue weighted by Gasteiger charge is -2.27. The van der Waals surface area contributed by atoms with E-state index in [1.54, 1.807) is 6.92 Å². The number of hydroxylamine groups is 2. The fourth-order valence-corrected chi connectivity index (χ4v) is 3.35. The molecular formula is C14H16N4O9S. The Bertz CT molecular complexity index is 1030. The molecule has 2 unspecified atom stereocenters. The third kappa shape index (κ3) is 3.64. The Hall–Kier alpha value is -3.10. The number of hydrogen-bond donors (Lipinski definition) is 4. The molecule has 3 amide bonds. The lowest BCUT2D eigenvalue weighted by molar-refractivity contribution is -0.124. The van der Waals surface area contributed by atoms with Crippen molar-refractivity contribution < 1.29 is 37.2 Å². The first-order chi connectivity index (χ1) is 13.0. The van der Waals surface area contributed by atoms with Gasteiger partial charge in [0.2, 0.25) is 11.3 Å². The molecule has 1 fully saturated rings. The summed E-state index contributed by atoms with van der Waals surface area (Å²) in [6.07, 6.45) is 2.20. The van der Waals surface area contributed by atoms with Gasteiger partial charge in [0.05, 0.1) is 25.0 Å². The van der Waals surface area contributed by atoms with Gasteiger partial charge in [-0.25, -0.2) is 4.79 Å². The highest BCUT2D eigenvalue weighted by molar-refractivity contribution is 7.80. The number of carbonyl (C=O) groups excluding carboxylic acids is 2. The number of rotatable bonds is 5. The van der Waals surface area contributed by atoms with Crippen LogP contribution in [0.1, 0.15) is 12.6 Å². The average molecular weight is 416 g/mol. The molecule has 152 valence electrons. The van der Waals surface area contributed by atoms with Gasteiger partial charge in [0.1, 0.15) is 12.1 Å². The highest BCUT2D eigenvalue weighted by Crippen LogP contribution is 2.30. The van der Waals surface area contributed by atoms with Crippen LogP contribution in [0.25, 0.3) is 0 Å². The van der Waals surface area contributed by atoms with E-state index in [4.69, 9.17) is 4.55 Å². The molecule has 0 saturated carbocycles. The predicted octanol–water partition coefficient (Wildman–Crippen LogP) is -1.42. The molecule has 2 aliphatic rings. The molecule has 4 N–H and O–H groups in total. The van der Waals surface area contributed by atoms with Crippen molar-refractivity contribution in [1.82, 2.24) is 20.0 Å². The van der Waals surface area contributed by atoms with Crippen molar-refractivity contribution in [2.24, 2.45) is 0 Å². The minimum absolute atomic E-state index is 0.0189. The van der Waals surface area contributed by atoms with Crippen molar-refractivity contribution in [2.75, 3.05) is 6.54 Å². The van der Waals surface area contributed by atoms with E-state index in [2.05, 4.69) is 9.60 Å². The molecule has 2 bridgehead atoms. The van der Waals surface area contributed by atoms with E-state index in [1.165, 1.54) is 6.08 Å². The first kappa shape index (κ1) is 19.7. The molecule has 13 nitrogen and oxygen atoms in total. The maximum atomic E-state index is 12.5. The number of aromatic hydroxyl groups is 1. The molecule has 3 heterocycles. The van der Waals surface area contributed by atoms with Crippen LogP contribution < -0.4 is 10.7 Å². The Morgan fingerprint density at radius 2 is 2.07 bits per heavy atom. The zero-order valence-electron chi connectivity index (χ0n) is 14.3. The van der Waals surface area contributed by atoms with E-state index in [0.29, 0.717) is 15.4 Å². The topological polar surface area (TPSA) is 179 Å². The fraction of sp³-hybridized carbons (Fsp3) is 0.357. The smallest absolute Gasteiger partial charge is 0.418 e. The van der Waals surface area contributed by atoms with E-state index in [-0.39, 0.29) is 18.8 Å². The lowest BCUT2D eigenvalue weighted by Crippen LogP contribution is -2.48. The maximum Gasteiger partial charge on any atom is 0.418 e. The lowest BCUT2D eigenvalue weighted by atomic mass is 10.0. The zero-order chi connectivity index (χ0) is 20.8. The van der Waals surface area contributed by atoms with Crippen molar-refractivity contribution in [3.05, 3.63) is 39.8 Å². The van der Waals surface area contributed by atoms with Gasteiger partial charge in [0, 0.05) is 6.07 Å². The second kappa shape index (κ2) is 6.81. The van der Waals surface area contributed by atoms with Crippen LogP contribution in [0.2, 0.25) is 0 Å². The van der Waals surface area contributed by atoms with E-state index < -0.39 is 45.6 Å². The summed E-state index contributed by atoms with van der Waals surface area (Å²) in [5.74, 6) is -1.34. The first-order valence-electron chi connectivity index (χ1n) is 7.84. The highest BCUT2D eigenvalue weighted by atomic mass is 32.3. The molecule has 2 atom stereocenters. The van der Waals surface area contributed by atoms with E-state index in [9.17, 15) is 33.1 Å². The number of aromatic nitrogens is 1. The molecule has 28 heavy (non-hydrogen) atoms. The monoisotopic (exact) mass is 416 g/mol. The Morgan fingerprint density at radius 1 is 1.39 bits per heavy atom. The molecule has 1 aromatic rings. The second-order valence-corrected chi connectivity index (χ2v) is 7.22. The van der Waals surface area contributed by atoms with Crippen LogP contribution in [0.15, 0.2) is 28.7 Å². The van der Waals surface area contributed by atoms with E-state index >= 15 is 0 Å². The largest absolute Gasteiger partial charge is 0.503 e. The summed E-state index contributed by atoms with van der Waals surface area (Å²) in [5, 5.41) is 21.8. The van der Waals surface area contributed by atoms with Crippen LogP contribution >= 0.6 is 0 Å². The molecule has 3 rings (SSSR count). The zero-order valence-corrected chi connectivity index (χ0v) is 15.2. The van der Waals surface area contributed by atoms with Gasteiger partial charge >= 0.3 is 16.4 Å². The van der Waals surface area contributed by atoms with Gasteiger partial charge < -0.3 is 20.5 Å². The van der Waals surface area contributed by atoms with Crippen molar-refractivity contribution in [1.29, 1.82) is 0 Å². The molecule has 2 aliphatic heterocycles. The van der Waals surface area contributed by atoms with Gasteiger partial charge in [-0.05, 0) is 12.5 Å². The number of nitrogens with zero attached hydrogens (tertiary/aromatic N) is 3. The number of carbonyl (C=O) groups is 2. The van der Waals surface area contributed by atoms with Gasteiger partial charge in [-0.2, -0.15) is 18.2 Å². The summed E-state index contributed by atoms with van der Waals surface area (Å²) in [6.45, 7) is 1.23. The number of urea groups is 1. The fourth-order valence-electron chi connectivity index (χ4n) is 2.98. The third-order valence-electron chi connectivity index (χ3n) is 4.34. The quantitative estimate of drug-likeness (QED) is 0.254. The summed E-state index contributed by atoms with van der Waals surface area (Å²) in [7, 11) is -4.93. The van der Waals surface area contributed by atoms with Crippen LogP contribution in [0.4, 0.5) is 4.79 Å². The predicted molar refractivity (Wildman–Crippen MR) is 89.3 cm³/mol. The molecule has 0 aromatic carbocycles. The Morgan fingerprint density at radius 3 is 2.71 bits per heavy atom. The number of nitrogens with one attached hydrogen (secondary N) is 1. The number of amides is 3. The number of pyridine rings is 1. The summed E-state index contributed by atoms with van der Waals surface area (Å²) in [5.41, 5.74) is -0.303. The molecule has 0 radical (unpaired) electrons. The van der Waals surface area contributed by atoms with Crippen LogP contribution in [0.5, 0.6) is 5.75 Å². The minimum atomic E-state index is -4.93. The molecule has 0 spiro atoms. The summed E-state index contributed by atoms with van der Waals surface area (Å²) >= 11 is 0. The highest BCUT2D eigenvalue weighted by Gasteiger charge is 2.49. The first-order valence-corrected chi connectivity index (χ1v) is 9.21. The second-order valence-electron chi connectivity index (χ2n) is 6.21. The van der Waals surface area contributed by atoms with E-state index in [1.807, 2.05) is 0 Å². The van der Waals surface area contributed by atoms with Crippen LogP contribution in [0, 0.1) is 0 Å². The van der Waals surface area contributed by atoms with Crippen molar-refractivity contribution in [2.45, 2.75) is 25.6 Å². The summed E-state index contributed by atoms with van der Waals surface area (Å²) in [6, 6.07) is -1.90. The molecule has 0 aliphatic carbocycles. The normalized spacial score (nSPS) is 21.6. The molecule has 1 saturated heterocycles. The van der Waals surface area contributed by atoms with E-state index in [0.717, 1.165) is 17.2 Å². The maximum absolute atomic E-state index is 12.5. The van der Waals surface area contributed by atoms with Crippen LogP contribution in [0.3, 0.4) is 0 Å². The van der Waals surface area contributed by atoms with Crippen LogP contribution in [-0.4, -0.2) is 68.5 Å². The van der Waals surface area contributed by atoms with Gasteiger partial charge in [-0.1, -0.05) is 6.08 Å². The Labute approximate surface area is 157 Å². The van der Waals surface area contributed by atoms with Crippen molar-refractivity contribution in [3.8, 4) is 5.75 Å². The van der Waals surface area contributed by atoms with Crippen molar-refractivity contribution in [3.63, 3.8) is 0 Å². The minimum Gasteiger partial charge on any atom is -0.503 e. The third-order valence-corrected chi connectivity index (χ3v) is 4.69. The SMILES string of the molecule is CC1=CC(C(=O)NCc2cc(=O)c(O)cn2O)N2CC1N(OS(=O)(=O)O)C2=O. The standard InChI is InChI=1S/C14H16N4O9S/c1-7-2-9(16-5-10(7)18(14(16)22)27-28(24,25)26)13(21)15-4-8-3-11(19)12(20)6-17(8)23/h2-3,6,9-10,20,23H,4-5H2,1H3,(H,15,21)(H,24,25,26). The molecule has 1 aromatic heterocycles. The Kier molecular flexibility index (Phi) is 4.78. The average Bonchev–Trinajstić information content (AvgIpc) is 2.85. The van der Waals surface area contributed by atoms with Crippen molar-refractivity contribution >= 4 is 22.3 Å². The molecule has 14 heteroatoms. The number of fused-ring (bicyclic) bond motifs is 2. The summed E-state index contributed by atoms with van der Waals surface area (Å²) in [4.78, 5) is 37.4. The van der Waals surface area contributed by atoms with Gasteiger partial charge in [0.25, 0.3) is 0 Å². The summed E-state index contributed by atoms with van der Waals surface area (Å²) < 4.78 is 35.5.